The summed E-state index contributed by atoms with van der Waals surface area (Å²) in [6, 6.07) is 12.4. The Bertz CT molecular complexity index is 714. The Balaban J connectivity index is 1.98. The van der Waals surface area contributed by atoms with Crippen molar-refractivity contribution >= 4 is 34.8 Å². The van der Waals surface area contributed by atoms with Gasteiger partial charge in [0.05, 0.1) is 17.3 Å². The zero-order valence-corrected chi connectivity index (χ0v) is 13.7. The van der Waals surface area contributed by atoms with Crippen LogP contribution in [0.15, 0.2) is 42.5 Å². The highest BCUT2D eigenvalue weighted by molar-refractivity contribution is 6.33. The minimum atomic E-state index is -0.214. The Morgan fingerprint density at radius 2 is 1.78 bits per heavy atom. The Labute approximate surface area is 140 Å². The molecule has 0 heterocycles. The van der Waals surface area contributed by atoms with Crippen molar-refractivity contribution in [2.24, 2.45) is 0 Å². The van der Waals surface area contributed by atoms with Crippen molar-refractivity contribution in [1.29, 1.82) is 0 Å². The number of nitrogens with one attached hydrogen (secondary N) is 3. The van der Waals surface area contributed by atoms with Gasteiger partial charge >= 0.3 is 0 Å². The predicted octanol–water partition coefficient (Wildman–Crippen LogP) is 3.06. The minimum Gasteiger partial charge on any atom is -0.375 e. The second kappa shape index (κ2) is 7.65. The van der Waals surface area contributed by atoms with Crippen LogP contribution in [0.3, 0.4) is 0 Å². The molecule has 0 aromatic heterocycles. The number of halogens is 1. The Kier molecular flexibility index (Phi) is 5.60. The topological polar surface area (TPSA) is 70.2 Å². The molecule has 2 rings (SSSR count). The average molecular weight is 332 g/mol. The molecule has 2 aromatic carbocycles. The number of rotatable bonds is 5. The third-order valence-electron chi connectivity index (χ3n) is 3.23. The zero-order valence-electron chi connectivity index (χ0n) is 12.9. The number of hydrogen-bond acceptors (Lipinski definition) is 3. The highest BCUT2D eigenvalue weighted by Crippen LogP contribution is 2.23. The molecule has 2 amide bonds. The first-order chi connectivity index (χ1) is 11.0. The summed E-state index contributed by atoms with van der Waals surface area (Å²) < 4.78 is 0. The van der Waals surface area contributed by atoms with Crippen LogP contribution in [0.25, 0.3) is 0 Å². The fourth-order valence-electron chi connectivity index (χ4n) is 1.96. The maximum atomic E-state index is 12.0. The first kappa shape index (κ1) is 16.8. The lowest BCUT2D eigenvalue weighted by atomic mass is 10.2. The van der Waals surface area contributed by atoms with Crippen molar-refractivity contribution < 1.29 is 9.59 Å². The lowest BCUT2D eigenvalue weighted by Gasteiger charge is -2.11. The molecular weight excluding hydrogens is 314 g/mol. The quantitative estimate of drug-likeness (QED) is 0.788. The molecular formula is C17H18ClN3O2. The van der Waals surface area contributed by atoms with Crippen molar-refractivity contribution in [1.82, 2.24) is 5.32 Å². The van der Waals surface area contributed by atoms with Crippen LogP contribution in [0.5, 0.6) is 0 Å². The summed E-state index contributed by atoms with van der Waals surface area (Å²) in [5.74, 6) is -0.413. The molecule has 0 fully saturated rings. The average Bonchev–Trinajstić information content (AvgIpc) is 2.55. The number of benzene rings is 2. The lowest BCUT2D eigenvalue weighted by molar-refractivity contribution is -0.114. The van der Waals surface area contributed by atoms with Crippen molar-refractivity contribution in [3.63, 3.8) is 0 Å². The van der Waals surface area contributed by atoms with Gasteiger partial charge in [-0.25, -0.2) is 0 Å². The second-order valence-corrected chi connectivity index (χ2v) is 5.45. The summed E-state index contributed by atoms with van der Waals surface area (Å²) in [4.78, 5) is 23.6. The van der Waals surface area contributed by atoms with E-state index in [4.69, 9.17) is 11.6 Å². The first-order valence-corrected chi connectivity index (χ1v) is 7.49. The standard InChI is InChI=1S/C17H18ClN3O2/c1-11-3-6-13(7-4-11)21-16(22)10-20-15-9-12(17(23)19-2)5-8-14(15)18/h3-9,20H,10H2,1-2H3,(H,19,23)(H,21,22). The van der Waals surface area contributed by atoms with E-state index >= 15 is 0 Å². The number of aryl methyl sites for hydroxylation is 1. The highest BCUT2D eigenvalue weighted by Gasteiger charge is 2.09. The monoisotopic (exact) mass is 331 g/mol. The summed E-state index contributed by atoms with van der Waals surface area (Å²) in [7, 11) is 1.55. The van der Waals surface area contributed by atoms with Crippen LogP contribution in [0.2, 0.25) is 5.02 Å². The molecule has 0 unspecified atom stereocenters. The SMILES string of the molecule is CNC(=O)c1ccc(Cl)c(NCC(=O)Nc2ccc(C)cc2)c1. The van der Waals surface area contributed by atoms with Crippen LogP contribution in [0.1, 0.15) is 15.9 Å². The van der Waals surface area contributed by atoms with E-state index in [9.17, 15) is 9.59 Å². The molecule has 6 heteroatoms. The Hall–Kier alpha value is -2.53. The third-order valence-corrected chi connectivity index (χ3v) is 3.56. The molecule has 0 bridgehead atoms. The summed E-state index contributed by atoms with van der Waals surface area (Å²) in [5, 5.41) is 8.71. The largest absolute Gasteiger partial charge is 0.375 e. The van der Waals surface area contributed by atoms with Crippen LogP contribution in [-0.4, -0.2) is 25.4 Å². The number of amides is 2. The van der Waals surface area contributed by atoms with Gasteiger partial charge in [0.2, 0.25) is 5.91 Å². The molecule has 5 nitrogen and oxygen atoms in total. The highest BCUT2D eigenvalue weighted by atomic mass is 35.5. The molecule has 0 saturated carbocycles. The molecule has 0 aliphatic heterocycles. The molecule has 120 valence electrons. The van der Waals surface area contributed by atoms with Crippen molar-refractivity contribution in [2.75, 3.05) is 24.2 Å². The van der Waals surface area contributed by atoms with E-state index in [1.165, 1.54) is 0 Å². The summed E-state index contributed by atoms with van der Waals surface area (Å²) >= 11 is 6.08. The normalized spacial score (nSPS) is 10.0. The van der Waals surface area contributed by atoms with Crippen LogP contribution in [0.4, 0.5) is 11.4 Å². The van der Waals surface area contributed by atoms with Gasteiger partial charge in [-0.1, -0.05) is 29.3 Å². The van der Waals surface area contributed by atoms with E-state index in [2.05, 4.69) is 16.0 Å². The van der Waals surface area contributed by atoms with Gasteiger partial charge in [-0.05, 0) is 37.3 Å². The smallest absolute Gasteiger partial charge is 0.251 e. The van der Waals surface area contributed by atoms with Gasteiger partial charge < -0.3 is 16.0 Å². The van der Waals surface area contributed by atoms with Crippen LogP contribution in [-0.2, 0) is 4.79 Å². The van der Waals surface area contributed by atoms with E-state index in [1.807, 2.05) is 31.2 Å². The van der Waals surface area contributed by atoms with Gasteiger partial charge in [-0.3, -0.25) is 9.59 Å². The minimum absolute atomic E-state index is 0.0464. The van der Waals surface area contributed by atoms with Gasteiger partial charge in [-0.15, -0.1) is 0 Å². The summed E-state index contributed by atoms with van der Waals surface area (Å²) in [5.41, 5.74) is 2.86. The summed E-state index contributed by atoms with van der Waals surface area (Å²) in [6.07, 6.45) is 0. The Morgan fingerprint density at radius 1 is 1.09 bits per heavy atom. The predicted molar refractivity (Wildman–Crippen MR) is 93.1 cm³/mol. The lowest BCUT2D eigenvalue weighted by Crippen LogP contribution is -2.22. The van der Waals surface area contributed by atoms with Crippen LogP contribution < -0.4 is 16.0 Å². The molecule has 23 heavy (non-hydrogen) atoms. The van der Waals surface area contributed by atoms with Crippen LogP contribution in [0, 0.1) is 6.92 Å². The van der Waals surface area contributed by atoms with Gasteiger partial charge in [0, 0.05) is 18.3 Å². The van der Waals surface area contributed by atoms with Crippen LogP contribution >= 0.6 is 11.6 Å². The molecule has 3 N–H and O–H groups in total. The van der Waals surface area contributed by atoms with Gasteiger partial charge in [0.25, 0.3) is 5.91 Å². The fraction of sp³-hybridized carbons (Fsp3) is 0.176. The molecule has 0 spiro atoms. The number of carbonyl (C=O) groups is 2. The van der Waals surface area contributed by atoms with Crippen molar-refractivity contribution in [2.45, 2.75) is 6.92 Å². The Morgan fingerprint density at radius 3 is 2.43 bits per heavy atom. The maximum Gasteiger partial charge on any atom is 0.251 e. The first-order valence-electron chi connectivity index (χ1n) is 7.11. The van der Waals surface area contributed by atoms with Gasteiger partial charge in [-0.2, -0.15) is 0 Å². The zero-order chi connectivity index (χ0) is 16.8. The van der Waals surface area contributed by atoms with Crippen molar-refractivity contribution in [3.05, 3.63) is 58.6 Å². The molecule has 0 aliphatic rings. The van der Waals surface area contributed by atoms with E-state index in [0.29, 0.717) is 16.3 Å². The molecule has 0 atom stereocenters. The number of anilines is 2. The number of hydrogen-bond donors (Lipinski definition) is 3. The van der Waals surface area contributed by atoms with Gasteiger partial charge in [0.1, 0.15) is 0 Å². The molecule has 0 saturated heterocycles. The second-order valence-electron chi connectivity index (χ2n) is 5.04. The van der Waals surface area contributed by atoms with Gasteiger partial charge in [0.15, 0.2) is 0 Å². The number of carbonyl (C=O) groups excluding carboxylic acids is 2. The maximum absolute atomic E-state index is 12.0. The van der Waals surface area contributed by atoms with E-state index in [0.717, 1.165) is 11.3 Å². The fourth-order valence-corrected chi connectivity index (χ4v) is 2.15. The summed E-state index contributed by atoms with van der Waals surface area (Å²) in [6.45, 7) is 2.03. The van der Waals surface area contributed by atoms with E-state index in [-0.39, 0.29) is 18.4 Å². The van der Waals surface area contributed by atoms with E-state index < -0.39 is 0 Å². The molecule has 0 radical (unpaired) electrons. The molecule has 2 aromatic rings. The van der Waals surface area contributed by atoms with Crippen molar-refractivity contribution in [3.8, 4) is 0 Å². The molecule has 0 aliphatic carbocycles. The van der Waals surface area contributed by atoms with E-state index in [1.54, 1.807) is 25.2 Å². The third kappa shape index (κ3) is 4.72.